The van der Waals surface area contributed by atoms with E-state index in [1.54, 1.807) is 4.90 Å². The highest BCUT2D eigenvalue weighted by atomic mass is 19.4. The van der Waals surface area contributed by atoms with E-state index in [1.165, 1.54) is 7.11 Å². The number of aromatic nitrogens is 2. The van der Waals surface area contributed by atoms with Gasteiger partial charge in [0.05, 0.1) is 7.11 Å². The maximum atomic E-state index is 13.4. The van der Waals surface area contributed by atoms with Gasteiger partial charge in [0.2, 0.25) is 5.95 Å². The first-order valence-corrected chi connectivity index (χ1v) is 9.54. The van der Waals surface area contributed by atoms with Gasteiger partial charge in [0.15, 0.2) is 5.69 Å². The van der Waals surface area contributed by atoms with Gasteiger partial charge in [0, 0.05) is 38.2 Å². The van der Waals surface area contributed by atoms with Crippen LogP contribution in [0.3, 0.4) is 0 Å². The lowest BCUT2D eigenvalue weighted by Crippen LogP contribution is -2.47. The molecule has 9 heteroatoms. The van der Waals surface area contributed by atoms with E-state index >= 15 is 0 Å². The lowest BCUT2D eigenvalue weighted by atomic mass is 10.0. The number of carbonyl (C=O) groups is 1. The van der Waals surface area contributed by atoms with E-state index in [1.807, 2.05) is 11.8 Å². The first-order chi connectivity index (χ1) is 13.0. The maximum absolute atomic E-state index is 13.4. The first-order valence-electron chi connectivity index (χ1n) is 9.54. The Morgan fingerprint density at radius 1 is 1.29 bits per heavy atom. The average molecular weight is 398 g/mol. The number of rotatable bonds is 4. The van der Waals surface area contributed by atoms with Crippen molar-refractivity contribution in [2.75, 3.05) is 36.5 Å². The predicted octanol–water partition coefficient (Wildman–Crippen LogP) is 3.12. The number of alkyl halides is 3. The van der Waals surface area contributed by atoms with Crippen LogP contribution in [-0.4, -0.2) is 48.7 Å². The average Bonchev–Trinajstić information content (AvgIpc) is 2.89. The summed E-state index contributed by atoms with van der Waals surface area (Å²) >= 11 is 0. The minimum absolute atomic E-state index is 0.141. The van der Waals surface area contributed by atoms with Gasteiger partial charge in [-0.2, -0.15) is 18.2 Å². The largest absolute Gasteiger partial charge is 0.469 e. The van der Waals surface area contributed by atoms with Crippen molar-refractivity contribution in [1.29, 1.82) is 0 Å². The molecule has 1 aliphatic carbocycles. The molecule has 0 spiro atoms. The molecular weight excluding hydrogens is 373 g/mol. The Balaban J connectivity index is 1.60. The summed E-state index contributed by atoms with van der Waals surface area (Å²) in [4.78, 5) is 23.6. The Labute approximate surface area is 162 Å². The summed E-state index contributed by atoms with van der Waals surface area (Å²) in [5, 5.41) is 0. The summed E-state index contributed by atoms with van der Waals surface area (Å²) in [6, 6.07) is 1.18. The minimum atomic E-state index is -4.52. The molecule has 154 valence electrons. The summed E-state index contributed by atoms with van der Waals surface area (Å²) in [6.07, 6.45) is -3.26. The Morgan fingerprint density at radius 3 is 2.39 bits per heavy atom. The molecule has 0 radical (unpaired) electrons. The second-order valence-corrected chi connectivity index (χ2v) is 8.76. The maximum Gasteiger partial charge on any atom is 0.433 e. The van der Waals surface area contributed by atoms with E-state index in [0.717, 1.165) is 12.5 Å². The second-order valence-electron chi connectivity index (χ2n) is 8.76. The van der Waals surface area contributed by atoms with Crippen LogP contribution in [0.5, 0.6) is 0 Å². The van der Waals surface area contributed by atoms with Crippen LogP contribution in [0.15, 0.2) is 6.07 Å². The smallest absolute Gasteiger partial charge is 0.433 e. The standard InChI is InChI=1S/C19H25F3N4O2/c1-11-5-6-26(11)16-23-13(19(20,21)22)8-14(24-16)25-9-17(2)12(7-15(27)28-4)18(17,3)10-25/h8,11-12H,5-7,9-10H2,1-4H3/t11-,12-,17-,18+/m0/s1. The number of halogens is 3. The fourth-order valence-electron chi connectivity index (χ4n) is 5.04. The number of carbonyl (C=O) groups excluding carboxylic acids is 1. The van der Waals surface area contributed by atoms with Crippen molar-refractivity contribution >= 4 is 17.7 Å². The van der Waals surface area contributed by atoms with Crippen molar-refractivity contribution in [1.82, 2.24) is 9.97 Å². The van der Waals surface area contributed by atoms with Crippen LogP contribution in [0.4, 0.5) is 24.9 Å². The van der Waals surface area contributed by atoms with Gasteiger partial charge in [-0.15, -0.1) is 0 Å². The molecule has 0 bridgehead atoms. The Hall–Kier alpha value is -2.06. The fraction of sp³-hybridized carbons (Fsp3) is 0.737. The van der Waals surface area contributed by atoms with Crippen molar-refractivity contribution in [3.05, 3.63) is 11.8 Å². The van der Waals surface area contributed by atoms with Gasteiger partial charge in [-0.3, -0.25) is 4.79 Å². The van der Waals surface area contributed by atoms with Gasteiger partial charge in [0.1, 0.15) is 5.82 Å². The van der Waals surface area contributed by atoms with E-state index in [2.05, 4.69) is 23.8 Å². The van der Waals surface area contributed by atoms with E-state index in [4.69, 9.17) is 4.74 Å². The molecule has 0 N–H and O–H groups in total. The summed E-state index contributed by atoms with van der Waals surface area (Å²) in [5.41, 5.74) is -1.20. The molecule has 6 nitrogen and oxygen atoms in total. The topological polar surface area (TPSA) is 58.6 Å². The number of ether oxygens (including phenoxy) is 1. The molecule has 2 aliphatic heterocycles. The molecule has 1 aromatic rings. The Kier molecular flexibility index (Phi) is 4.11. The van der Waals surface area contributed by atoms with Gasteiger partial charge in [-0.25, -0.2) is 4.98 Å². The van der Waals surface area contributed by atoms with Crippen LogP contribution in [0.2, 0.25) is 0 Å². The summed E-state index contributed by atoms with van der Waals surface area (Å²) in [5.74, 6) is 0.375. The lowest BCUT2D eigenvalue weighted by molar-refractivity contribution is -0.142. The molecular formula is C19H25F3N4O2. The molecule has 3 heterocycles. The van der Waals surface area contributed by atoms with E-state index in [9.17, 15) is 18.0 Å². The quantitative estimate of drug-likeness (QED) is 0.727. The van der Waals surface area contributed by atoms with Gasteiger partial charge < -0.3 is 14.5 Å². The predicted molar refractivity (Wildman–Crippen MR) is 97.0 cm³/mol. The normalized spacial score (nSPS) is 34.1. The Morgan fingerprint density at radius 2 is 1.93 bits per heavy atom. The number of nitrogens with zero attached hydrogens (tertiary/aromatic N) is 4. The molecule has 4 rings (SSSR count). The van der Waals surface area contributed by atoms with Gasteiger partial charge in [0.25, 0.3) is 0 Å². The number of hydrogen-bond donors (Lipinski definition) is 0. The van der Waals surface area contributed by atoms with Crippen molar-refractivity contribution in [3.63, 3.8) is 0 Å². The number of fused-ring (bicyclic) bond motifs is 1. The molecule has 0 unspecified atom stereocenters. The monoisotopic (exact) mass is 398 g/mol. The van der Waals surface area contributed by atoms with Gasteiger partial charge in [-0.1, -0.05) is 13.8 Å². The Bertz CT molecular complexity index is 799. The fourth-order valence-corrected chi connectivity index (χ4v) is 5.04. The highest BCUT2D eigenvalue weighted by Gasteiger charge is 2.75. The summed E-state index contributed by atoms with van der Waals surface area (Å²) in [7, 11) is 1.37. The van der Waals surface area contributed by atoms with Gasteiger partial charge in [-0.05, 0) is 30.1 Å². The van der Waals surface area contributed by atoms with Crippen LogP contribution in [0.1, 0.15) is 39.3 Å². The minimum Gasteiger partial charge on any atom is -0.469 e. The molecule has 2 saturated heterocycles. The zero-order chi connectivity index (χ0) is 20.5. The van der Waals surface area contributed by atoms with Crippen LogP contribution in [-0.2, 0) is 15.7 Å². The SMILES string of the molecule is COC(=O)C[C@H]1[C@]2(C)CN(c3cc(C(F)(F)F)nc(N4CC[C@@H]4C)n3)C[C@]12C. The highest BCUT2D eigenvalue weighted by Crippen LogP contribution is 2.74. The molecule has 3 aliphatic rings. The molecule has 28 heavy (non-hydrogen) atoms. The molecule has 4 atom stereocenters. The summed E-state index contributed by atoms with van der Waals surface area (Å²) in [6.45, 7) is 7.93. The molecule has 3 fully saturated rings. The zero-order valence-corrected chi connectivity index (χ0v) is 16.5. The van der Waals surface area contributed by atoms with Crippen LogP contribution in [0.25, 0.3) is 0 Å². The van der Waals surface area contributed by atoms with Crippen LogP contribution >= 0.6 is 0 Å². The number of piperidine rings is 1. The molecule has 0 aromatic carbocycles. The third-order valence-electron chi connectivity index (χ3n) is 7.29. The summed E-state index contributed by atoms with van der Waals surface area (Å²) < 4.78 is 45.0. The number of hydrogen-bond acceptors (Lipinski definition) is 6. The van der Waals surface area contributed by atoms with Crippen LogP contribution in [0, 0.1) is 16.7 Å². The van der Waals surface area contributed by atoms with Crippen LogP contribution < -0.4 is 9.80 Å². The van der Waals surface area contributed by atoms with Crippen molar-refractivity contribution in [2.45, 2.75) is 45.8 Å². The van der Waals surface area contributed by atoms with Gasteiger partial charge >= 0.3 is 12.1 Å². The molecule has 0 amide bonds. The molecule has 1 aromatic heterocycles. The van der Waals surface area contributed by atoms with E-state index in [0.29, 0.717) is 31.9 Å². The number of esters is 1. The van der Waals surface area contributed by atoms with Crippen molar-refractivity contribution in [3.8, 4) is 0 Å². The van der Waals surface area contributed by atoms with E-state index < -0.39 is 11.9 Å². The number of anilines is 2. The second kappa shape index (κ2) is 5.97. The lowest BCUT2D eigenvalue weighted by Gasteiger charge is -2.39. The zero-order valence-electron chi connectivity index (χ0n) is 16.5. The third-order valence-corrected chi connectivity index (χ3v) is 7.29. The third kappa shape index (κ3) is 2.73. The van der Waals surface area contributed by atoms with Crippen molar-refractivity contribution < 1.29 is 22.7 Å². The molecule has 1 saturated carbocycles. The van der Waals surface area contributed by atoms with Crippen molar-refractivity contribution in [2.24, 2.45) is 16.7 Å². The first kappa shape index (κ1) is 19.3. The number of methoxy groups -OCH3 is 1. The highest BCUT2D eigenvalue weighted by molar-refractivity contribution is 5.71. The van der Waals surface area contributed by atoms with E-state index in [-0.39, 0.29) is 34.7 Å².